The zero-order chi connectivity index (χ0) is 12.1. The highest BCUT2D eigenvalue weighted by molar-refractivity contribution is 6.18. The van der Waals surface area contributed by atoms with E-state index >= 15 is 0 Å². The van der Waals surface area contributed by atoms with Crippen molar-refractivity contribution >= 4 is 28.7 Å². The van der Waals surface area contributed by atoms with Crippen molar-refractivity contribution in [1.82, 2.24) is 4.98 Å². The van der Waals surface area contributed by atoms with Crippen LogP contribution >= 0.6 is 11.6 Å². The third-order valence-electron chi connectivity index (χ3n) is 2.09. The van der Waals surface area contributed by atoms with Crippen LogP contribution in [-0.2, 0) is 4.74 Å². The van der Waals surface area contributed by atoms with Gasteiger partial charge in [-0.05, 0) is 12.1 Å². The Morgan fingerprint density at radius 1 is 1.29 bits per heavy atom. The van der Waals surface area contributed by atoms with E-state index < -0.39 is 6.16 Å². The molecule has 4 nitrogen and oxygen atoms in total. The minimum atomic E-state index is -0.774. The predicted molar refractivity (Wildman–Crippen MR) is 64.4 cm³/mol. The molecule has 5 heteroatoms. The van der Waals surface area contributed by atoms with Crippen LogP contribution in [0.4, 0.5) is 4.79 Å². The Labute approximate surface area is 103 Å². The third-order valence-corrected chi connectivity index (χ3v) is 2.24. The molecule has 1 heterocycles. The topological polar surface area (TPSA) is 48.4 Å². The largest absolute Gasteiger partial charge is 0.513 e. The van der Waals surface area contributed by atoms with Crippen LogP contribution in [0.2, 0.25) is 0 Å². The Morgan fingerprint density at radius 3 is 2.94 bits per heavy atom. The maximum absolute atomic E-state index is 11.3. The van der Waals surface area contributed by atoms with Gasteiger partial charge in [0, 0.05) is 11.6 Å². The van der Waals surface area contributed by atoms with E-state index in [1.807, 2.05) is 18.2 Å². The fraction of sp³-hybridized carbons (Fsp3) is 0.167. The molecular formula is C12H10ClNO3. The summed E-state index contributed by atoms with van der Waals surface area (Å²) in [5.41, 5.74) is 0.623. The fourth-order valence-corrected chi connectivity index (χ4v) is 1.48. The van der Waals surface area contributed by atoms with E-state index in [4.69, 9.17) is 21.1 Å². The number of benzene rings is 1. The quantitative estimate of drug-likeness (QED) is 0.478. The Bertz CT molecular complexity index is 525. The van der Waals surface area contributed by atoms with Gasteiger partial charge in [0.1, 0.15) is 12.1 Å². The average molecular weight is 252 g/mol. The molecule has 0 aliphatic rings. The summed E-state index contributed by atoms with van der Waals surface area (Å²) in [4.78, 5) is 15.4. The molecule has 0 saturated carbocycles. The van der Waals surface area contributed by atoms with Crippen LogP contribution in [0.3, 0.4) is 0 Å². The summed E-state index contributed by atoms with van der Waals surface area (Å²) in [5.74, 6) is 0.616. The molecule has 1 aromatic carbocycles. The van der Waals surface area contributed by atoms with Gasteiger partial charge in [-0.2, -0.15) is 0 Å². The highest BCUT2D eigenvalue weighted by Crippen LogP contribution is 2.23. The number of fused-ring (bicyclic) bond motifs is 1. The first-order chi connectivity index (χ1) is 8.31. The van der Waals surface area contributed by atoms with E-state index in [-0.39, 0.29) is 12.5 Å². The number of carbonyl (C=O) groups excluding carboxylic acids is 1. The van der Waals surface area contributed by atoms with E-state index in [1.54, 1.807) is 18.3 Å². The number of aromatic nitrogens is 1. The second-order valence-electron chi connectivity index (χ2n) is 3.22. The first-order valence-electron chi connectivity index (χ1n) is 5.05. The summed E-state index contributed by atoms with van der Waals surface area (Å²) < 4.78 is 9.77. The number of alkyl halides is 1. The molecule has 0 atom stereocenters. The molecule has 0 saturated heterocycles. The van der Waals surface area contributed by atoms with Crippen LogP contribution in [-0.4, -0.2) is 23.6 Å². The lowest BCUT2D eigenvalue weighted by atomic mass is 10.2. The number of nitrogens with zero attached hydrogens (tertiary/aromatic N) is 1. The van der Waals surface area contributed by atoms with Crippen molar-refractivity contribution in [2.75, 3.05) is 12.5 Å². The van der Waals surface area contributed by atoms with Gasteiger partial charge >= 0.3 is 6.16 Å². The fourth-order valence-electron chi connectivity index (χ4n) is 1.40. The van der Waals surface area contributed by atoms with Gasteiger partial charge in [0.2, 0.25) is 0 Å². The molecule has 0 fully saturated rings. The molecule has 0 spiro atoms. The molecule has 0 N–H and O–H groups in total. The number of para-hydroxylation sites is 1. The Kier molecular flexibility index (Phi) is 3.77. The first kappa shape index (κ1) is 11.7. The van der Waals surface area contributed by atoms with E-state index in [1.165, 1.54) is 0 Å². The van der Waals surface area contributed by atoms with Gasteiger partial charge in [-0.3, -0.25) is 4.98 Å². The number of halogens is 1. The van der Waals surface area contributed by atoms with Crippen LogP contribution < -0.4 is 4.74 Å². The zero-order valence-electron chi connectivity index (χ0n) is 8.93. The molecule has 17 heavy (non-hydrogen) atoms. The average Bonchev–Trinajstić information content (AvgIpc) is 2.37. The molecule has 88 valence electrons. The van der Waals surface area contributed by atoms with Crippen molar-refractivity contribution in [1.29, 1.82) is 0 Å². The summed E-state index contributed by atoms with van der Waals surface area (Å²) in [7, 11) is 0. The Balaban J connectivity index is 2.21. The Hall–Kier alpha value is -1.81. The van der Waals surface area contributed by atoms with Gasteiger partial charge in [0.05, 0.1) is 5.88 Å². The molecule has 1 aromatic heterocycles. The zero-order valence-corrected chi connectivity index (χ0v) is 9.68. The maximum atomic E-state index is 11.3. The van der Waals surface area contributed by atoms with Gasteiger partial charge in [0.15, 0.2) is 5.75 Å². The van der Waals surface area contributed by atoms with Gasteiger partial charge in [-0.1, -0.05) is 18.2 Å². The van der Waals surface area contributed by atoms with Crippen molar-refractivity contribution in [2.45, 2.75) is 0 Å². The minimum Gasteiger partial charge on any atom is -0.433 e. The van der Waals surface area contributed by atoms with Crippen LogP contribution in [0.1, 0.15) is 0 Å². The normalized spacial score (nSPS) is 10.2. The molecule has 2 aromatic rings. The van der Waals surface area contributed by atoms with Gasteiger partial charge in [-0.15, -0.1) is 11.6 Å². The molecule has 0 aliphatic heterocycles. The summed E-state index contributed by atoms with van der Waals surface area (Å²) in [6, 6.07) is 9.04. The molecule has 0 unspecified atom stereocenters. The third kappa shape index (κ3) is 2.85. The lowest BCUT2D eigenvalue weighted by Crippen LogP contribution is -2.12. The van der Waals surface area contributed by atoms with Gasteiger partial charge < -0.3 is 9.47 Å². The van der Waals surface area contributed by atoms with E-state index in [2.05, 4.69) is 4.98 Å². The number of hydrogen-bond donors (Lipinski definition) is 0. The van der Waals surface area contributed by atoms with Crippen LogP contribution in [0.25, 0.3) is 10.9 Å². The van der Waals surface area contributed by atoms with Crippen LogP contribution in [0.15, 0.2) is 36.5 Å². The number of pyridine rings is 1. The van der Waals surface area contributed by atoms with Crippen molar-refractivity contribution in [3.8, 4) is 5.75 Å². The van der Waals surface area contributed by atoms with Crippen LogP contribution in [0.5, 0.6) is 5.75 Å². The molecule has 0 amide bonds. The number of rotatable bonds is 3. The van der Waals surface area contributed by atoms with Crippen molar-refractivity contribution < 1.29 is 14.3 Å². The van der Waals surface area contributed by atoms with Crippen molar-refractivity contribution in [3.63, 3.8) is 0 Å². The summed E-state index contributed by atoms with van der Waals surface area (Å²) in [5, 5.41) is 0.898. The number of ether oxygens (including phenoxy) is 2. The second-order valence-corrected chi connectivity index (χ2v) is 3.60. The monoisotopic (exact) mass is 251 g/mol. The summed E-state index contributed by atoms with van der Waals surface area (Å²) >= 11 is 5.40. The SMILES string of the molecule is O=C(OCCCl)Oc1cccc2cccnc12. The van der Waals surface area contributed by atoms with E-state index in [0.29, 0.717) is 11.3 Å². The van der Waals surface area contributed by atoms with E-state index in [9.17, 15) is 4.79 Å². The predicted octanol–water partition coefficient (Wildman–Crippen LogP) is 2.99. The summed E-state index contributed by atoms with van der Waals surface area (Å²) in [6.07, 6.45) is 0.864. The lowest BCUT2D eigenvalue weighted by Gasteiger charge is -2.06. The minimum absolute atomic E-state index is 0.124. The smallest absolute Gasteiger partial charge is 0.433 e. The number of carbonyl (C=O) groups is 1. The molecule has 2 rings (SSSR count). The van der Waals surface area contributed by atoms with E-state index in [0.717, 1.165) is 5.39 Å². The van der Waals surface area contributed by atoms with Gasteiger partial charge in [0.25, 0.3) is 0 Å². The summed E-state index contributed by atoms with van der Waals surface area (Å²) in [6.45, 7) is 0.124. The molecule has 0 radical (unpaired) electrons. The van der Waals surface area contributed by atoms with Crippen LogP contribution in [0, 0.1) is 0 Å². The highest BCUT2D eigenvalue weighted by Gasteiger charge is 2.09. The second kappa shape index (κ2) is 5.50. The molecule has 0 aliphatic carbocycles. The maximum Gasteiger partial charge on any atom is 0.513 e. The lowest BCUT2D eigenvalue weighted by molar-refractivity contribution is 0.105. The number of hydrogen-bond acceptors (Lipinski definition) is 4. The van der Waals surface area contributed by atoms with Crippen molar-refractivity contribution in [3.05, 3.63) is 36.5 Å². The van der Waals surface area contributed by atoms with Crippen molar-refractivity contribution in [2.24, 2.45) is 0 Å². The standard InChI is InChI=1S/C12H10ClNO3/c13-6-8-16-12(15)17-10-5-1-3-9-4-2-7-14-11(9)10/h1-5,7H,6,8H2. The molecular weight excluding hydrogens is 242 g/mol. The first-order valence-corrected chi connectivity index (χ1v) is 5.59. The molecule has 0 bridgehead atoms. The highest BCUT2D eigenvalue weighted by atomic mass is 35.5. The Morgan fingerprint density at radius 2 is 2.12 bits per heavy atom. The van der Waals surface area contributed by atoms with Gasteiger partial charge in [-0.25, -0.2) is 4.79 Å².